The van der Waals surface area contributed by atoms with Crippen LogP contribution in [0.1, 0.15) is 12.5 Å². The van der Waals surface area contributed by atoms with E-state index in [0.29, 0.717) is 16.5 Å². The number of amides is 4. The van der Waals surface area contributed by atoms with Crippen LogP contribution in [0, 0.1) is 0 Å². The van der Waals surface area contributed by atoms with E-state index in [1.165, 1.54) is 0 Å². The SMILES string of the molecule is C[C@H](Cc1ccc(Cl)cc1Cl)NC(=O)NC(C(N)=O)C(N)=O. The maximum absolute atomic E-state index is 11.7. The van der Waals surface area contributed by atoms with Crippen molar-refractivity contribution in [2.24, 2.45) is 11.5 Å². The van der Waals surface area contributed by atoms with Crippen molar-refractivity contribution in [3.8, 4) is 0 Å². The highest BCUT2D eigenvalue weighted by atomic mass is 35.5. The van der Waals surface area contributed by atoms with Crippen LogP contribution in [0.15, 0.2) is 18.2 Å². The first kappa shape index (κ1) is 18.1. The van der Waals surface area contributed by atoms with E-state index in [1.807, 2.05) is 0 Å². The number of halogens is 2. The maximum Gasteiger partial charge on any atom is 0.316 e. The zero-order valence-electron chi connectivity index (χ0n) is 11.7. The highest BCUT2D eigenvalue weighted by Crippen LogP contribution is 2.22. The highest BCUT2D eigenvalue weighted by molar-refractivity contribution is 6.35. The van der Waals surface area contributed by atoms with Crippen molar-refractivity contribution in [1.82, 2.24) is 10.6 Å². The topological polar surface area (TPSA) is 127 Å². The summed E-state index contributed by atoms with van der Waals surface area (Å²) in [4.78, 5) is 33.7. The number of carbonyl (C=O) groups is 3. The van der Waals surface area contributed by atoms with Crippen LogP contribution in [0.4, 0.5) is 4.79 Å². The monoisotopic (exact) mass is 346 g/mol. The molecule has 1 atom stereocenters. The van der Waals surface area contributed by atoms with Gasteiger partial charge in [-0.3, -0.25) is 9.59 Å². The van der Waals surface area contributed by atoms with E-state index < -0.39 is 23.9 Å². The number of primary amides is 2. The minimum Gasteiger partial charge on any atom is -0.367 e. The summed E-state index contributed by atoms with van der Waals surface area (Å²) in [5.41, 5.74) is 10.7. The van der Waals surface area contributed by atoms with E-state index in [9.17, 15) is 14.4 Å². The fourth-order valence-electron chi connectivity index (χ4n) is 1.75. The Hall–Kier alpha value is -1.99. The summed E-state index contributed by atoms with van der Waals surface area (Å²) in [7, 11) is 0. The molecule has 0 aliphatic carbocycles. The standard InChI is InChI=1S/C13H16Cl2N4O3/c1-6(4-7-2-3-8(14)5-9(7)15)18-13(22)19-10(11(16)20)12(17)21/h2-3,5-6,10H,4H2,1H3,(H2,16,20)(H2,17,21)(H2,18,19,22)/t6-/m1/s1. The smallest absolute Gasteiger partial charge is 0.316 e. The molecule has 0 heterocycles. The first-order valence-electron chi connectivity index (χ1n) is 6.30. The molecule has 0 aromatic heterocycles. The summed E-state index contributed by atoms with van der Waals surface area (Å²) in [6.07, 6.45) is 0.432. The summed E-state index contributed by atoms with van der Waals surface area (Å²) >= 11 is 11.8. The van der Waals surface area contributed by atoms with E-state index in [4.69, 9.17) is 34.7 Å². The number of nitrogens with two attached hydrogens (primary N) is 2. The van der Waals surface area contributed by atoms with Crippen LogP contribution in [-0.4, -0.2) is 29.9 Å². The fraction of sp³-hybridized carbons (Fsp3) is 0.308. The number of hydrogen-bond acceptors (Lipinski definition) is 3. The zero-order valence-corrected chi connectivity index (χ0v) is 13.2. The molecule has 0 fully saturated rings. The van der Waals surface area contributed by atoms with Crippen LogP contribution >= 0.6 is 23.2 Å². The highest BCUT2D eigenvalue weighted by Gasteiger charge is 2.24. The van der Waals surface area contributed by atoms with Crippen LogP contribution < -0.4 is 22.1 Å². The predicted octanol–water partition coefficient (Wildman–Crippen LogP) is 0.563. The molecule has 1 aromatic carbocycles. The molecule has 22 heavy (non-hydrogen) atoms. The van der Waals surface area contributed by atoms with Crippen molar-refractivity contribution >= 4 is 41.0 Å². The summed E-state index contributed by atoms with van der Waals surface area (Å²) in [6.45, 7) is 1.73. The summed E-state index contributed by atoms with van der Waals surface area (Å²) in [6, 6.07) is 2.41. The molecule has 1 aromatic rings. The van der Waals surface area contributed by atoms with Gasteiger partial charge in [0.25, 0.3) is 0 Å². The lowest BCUT2D eigenvalue weighted by molar-refractivity contribution is -0.128. The third-order valence-corrected chi connectivity index (χ3v) is 3.35. The molecule has 0 aliphatic rings. The number of benzene rings is 1. The molecule has 0 saturated carbocycles. The number of nitrogens with one attached hydrogen (secondary N) is 2. The maximum atomic E-state index is 11.7. The van der Waals surface area contributed by atoms with Gasteiger partial charge in [0.2, 0.25) is 11.8 Å². The van der Waals surface area contributed by atoms with E-state index >= 15 is 0 Å². The van der Waals surface area contributed by atoms with Crippen LogP contribution in [0.2, 0.25) is 10.0 Å². The Morgan fingerprint density at radius 2 is 1.73 bits per heavy atom. The van der Waals surface area contributed by atoms with Gasteiger partial charge in [-0.05, 0) is 31.0 Å². The average molecular weight is 347 g/mol. The number of urea groups is 1. The Labute approximate surface area is 137 Å². The largest absolute Gasteiger partial charge is 0.367 e. The van der Waals surface area contributed by atoms with Crippen molar-refractivity contribution in [1.29, 1.82) is 0 Å². The average Bonchev–Trinajstić information content (AvgIpc) is 2.38. The molecule has 120 valence electrons. The van der Waals surface area contributed by atoms with Gasteiger partial charge < -0.3 is 22.1 Å². The second kappa shape index (κ2) is 7.86. The normalized spacial score (nSPS) is 11.8. The van der Waals surface area contributed by atoms with Gasteiger partial charge in [-0.2, -0.15) is 0 Å². The second-order valence-corrected chi connectivity index (χ2v) is 5.54. The van der Waals surface area contributed by atoms with Crippen LogP contribution in [0.25, 0.3) is 0 Å². The Morgan fingerprint density at radius 3 is 2.23 bits per heavy atom. The van der Waals surface area contributed by atoms with E-state index in [-0.39, 0.29) is 6.04 Å². The van der Waals surface area contributed by atoms with Crippen LogP contribution in [0.5, 0.6) is 0 Å². The number of rotatable bonds is 6. The van der Waals surface area contributed by atoms with E-state index in [1.54, 1.807) is 25.1 Å². The summed E-state index contributed by atoms with van der Waals surface area (Å²) in [5.74, 6) is -2.06. The minimum absolute atomic E-state index is 0.319. The van der Waals surface area contributed by atoms with E-state index in [2.05, 4.69) is 10.6 Å². The second-order valence-electron chi connectivity index (χ2n) is 4.70. The third-order valence-electron chi connectivity index (χ3n) is 2.76. The molecule has 0 aliphatic heterocycles. The molecule has 7 nitrogen and oxygen atoms in total. The van der Waals surface area contributed by atoms with Crippen molar-refractivity contribution in [2.45, 2.75) is 25.4 Å². The van der Waals surface area contributed by atoms with Gasteiger partial charge in [-0.25, -0.2) is 4.79 Å². The van der Waals surface area contributed by atoms with Crippen LogP contribution in [0.3, 0.4) is 0 Å². The molecular weight excluding hydrogens is 331 g/mol. The Balaban J connectivity index is 2.60. The third kappa shape index (κ3) is 5.42. The lowest BCUT2D eigenvalue weighted by Crippen LogP contribution is -2.56. The molecule has 0 spiro atoms. The first-order valence-corrected chi connectivity index (χ1v) is 7.06. The molecule has 0 bridgehead atoms. The van der Waals surface area contributed by atoms with Gasteiger partial charge in [0.1, 0.15) is 0 Å². The van der Waals surface area contributed by atoms with Gasteiger partial charge in [-0.15, -0.1) is 0 Å². The Kier molecular flexibility index (Phi) is 6.45. The quantitative estimate of drug-likeness (QED) is 0.562. The van der Waals surface area contributed by atoms with Gasteiger partial charge >= 0.3 is 6.03 Å². The number of hydrogen-bond donors (Lipinski definition) is 4. The van der Waals surface area contributed by atoms with Crippen LogP contribution in [-0.2, 0) is 16.0 Å². The van der Waals surface area contributed by atoms with Gasteiger partial charge in [0.15, 0.2) is 6.04 Å². The predicted molar refractivity (Wildman–Crippen MR) is 83.5 cm³/mol. The van der Waals surface area contributed by atoms with Gasteiger partial charge in [0.05, 0.1) is 0 Å². The molecule has 0 saturated heterocycles. The molecule has 4 amide bonds. The van der Waals surface area contributed by atoms with E-state index in [0.717, 1.165) is 5.56 Å². The lowest BCUT2D eigenvalue weighted by Gasteiger charge is -2.17. The minimum atomic E-state index is -1.56. The molecular formula is C13H16Cl2N4O3. The van der Waals surface area contributed by atoms with Crippen molar-refractivity contribution in [3.05, 3.63) is 33.8 Å². The fourth-order valence-corrected chi connectivity index (χ4v) is 2.23. The lowest BCUT2D eigenvalue weighted by atomic mass is 10.1. The molecule has 6 N–H and O–H groups in total. The van der Waals surface area contributed by atoms with Gasteiger partial charge in [0, 0.05) is 16.1 Å². The molecule has 0 radical (unpaired) electrons. The molecule has 9 heteroatoms. The Bertz CT molecular complexity index is 581. The van der Waals surface area contributed by atoms with Crippen molar-refractivity contribution < 1.29 is 14.4 Å². The summed E-state index contributed by atoms with van der Waals surface area (Å²) < 4.78 is 0. The zero-order chi connectivity index (χ0) is 16.9. The van der Waals surface area contributed by atoms with Gasteiger partial charge in [-0.1, -0.05) is 29.3 Å². The van der Waals surface area contributed by atoms with Crippen molar-refractivity contribution in [3.63, 3.8) is 0 Å². The summed E-state index contributed by atoms with van der Waals surface area (Å²) in [5, 5.41) is 5.65. The molecule has 1 rings (SSSR count). The number of carbonyl (C=O) groups excluding carboxylic acids is 3. The molecule has 0 unspecified atom stereocenters. The first-order chi connectivity index (χ1) is 10.2. The Morgan fingerprint density at radius 1 is 1.14 bits per heavy atom. The van der Waals surface area contributed by atoms with Crippen molar-refractivity contribution in [2.75, 3.05) is 0 Å².